The molecular weight excluding hydrogens is 353 g/mol. The van der Waals surface area contributed by atoms with Crippen molar-refractivity contribution in [1.82, 2.24) is 4.98 Å². The van der Waals surface area contributed by atoms with Crippen molar-refractivity contribution in [2.75, 3.05) is 4.90 Å². The lowest BCUT2D eigenvalue weighted by Gasteiger charge is -2.29. The molecule has 9 heteroatoms. The van der Waals surface area contributed by atoms with Crippen LogP contribution in [0.1, 0.15) is 54.2 Å². The molecule has 0 radical (unpaired) electrons. The van der Waals surface area contributed by atoms with Gasteiger partial charge in [0.15, 0.2) is 5.82 Å². The van der Waals surface area contributed by atoms with E-state index in [1.807, 2.05) is 0 Å². The van der Waals surface area contributed by atoms with Crippen molar-refractivity contribution in [3.8, 4) is 0 Å². The summed E-state index contributed by atoms with van der Waals surface area (Å²) in [6.45, 7) is 9.66. The molecule has 0 N–H and O–H groups in total. The van der Waals surface area contributed by atoms with Gasteiger partial charge in [-0.2, -0.15) is 13.7 Å². The molecule has 0 spiro atoms. The van der Waals surface area contributed by atoms with Crippen molar-refractivity contribution in [3.63, 3.8) is 0 Å². The number of imide groups is 1. The molecule has 0 fully saturated rings. The third kappa shape index (κ3) is 5.89. The van der Waals surface area contributed by atoms with E-state index in [-0.39, 0.29) is 4.90 Å². The van der Waals surface area contributed by atoms with Gasteiger partial charge in [-0.15, -0.1) is 0 Å². The zero-order valence-electron chi connectivity index (χ0n) is 15.8. The van der Waals surface area contributed by atoms with E-state index in [1.165, 1.54) is 41.5 Å². The molecule has 0 aromatic carbocycles. The van der Waals surface area contributed by atoms with Crippen LogP contribution in [0.5, 0.6) is 0 Å². The topological polar surface area (TPSA) is 68.7 Å². The van der Waals surface area contributed by atoms with Crippen LogP contribution < -0.4 is 4.90 Å². The van der Waals surface area contributed by atoms with E-state index in [0.29, 0.717) is 6.92 Å². The first-order valence-electron chi connectivity index (χ1n) is 7.82. The lowest BCUT2D eigenvalue weighted by atomic mass is 10.2. The van der Waals surface area contributed by atoms with Gasteiger partial charge in [0, 0.05) is 13.1 Å². The van der Waals surface area contributed by atoms with Gasteiger partial charge in [-0.3, -0.25) is 4.98 Å². The molecule has 0 atom stereocenters. The Hall–Kier alpha value is -2.32. The standard InChI is InChI=1S/C17H23F3N2O4/c1-15(2,3)25-13(23)22(14(24)26-16(4,5)6)10-8-9-21-12(11(10)18)17(7,19)20/h8-9H,1-7H3. The normalized spacial score (nSPS) is 12.5. The molecular formula is C17H23F3N2O4. The van der Waals surface area contributed by atoms with Crippen LogP contribution in [0.3, 0.4) is 0 Å². The van der Waals surface area contributed by atoms with Crippen LogP contribution in [0.2, 0.25) is 0 Å². The number of aromatic nitrogens is 1. The van der Waals surface area contributed by atoms with Crippen LogP contribution in [0, 0.1) is 5.82 Å². The fraction of sp³-hybridized carbons (Fsp3) is 0.588. The molecule has 1 rings (SSSR count). The van der Waals surface area contributed by atoms with Crippen molar-refractivity contribution in [2.24, 2.45) is 0 Å². The van der Waals surface area contributed by atoms with E-state index >= 15 is 0 Å². The Bertz CT molecular complexity index is 661. The summed E-state index contributed by atoms with van der Waals surface area (Å²) in [4.78, 5) is 28.4. The summed E-state index contributed by atoms with van der Waals surface area (Å²) in [6, 6.07) is 0.915. The molecule has 146 valence electrons. The third-order valence-electron chi connectivity index (χ3n) is 2.68. The highest BCUT2D eigenvalue weighted by Gasteiger charge is 2.38. The number of hydrogen-bond acceptors (Lipinski definition) is 5. The number of pyridine rings is 1. The second kappa shape index (κ2) is 7.13. The van der Waals surface area contributed by atoms with Crippen LogP contribution in [0.25, 0.3) is 0 Å². The predicted octanol–water partition coefficient (Wildman–Crippen LogP) is 5.01. The lowest BCUT2D eigenvalue weighted by Crippen LogP contribution is -2.44. The smallest absolute Gasteiger partial charge is 0.424 e. The van der Waals surface area contributed by atoms with Crippen molar-refractivity contribution in [1.29, 1.82) is 0 Å². The molecule has 0 bridgehead atoms. The summed E-state index contributed by atoms with van der Waals surface area (Å²) < 4.78 is 51.9. The molecule has 0 saturated carbocycles. The quantitative estimate of drug-likeness (QED) is 0.726. The summed E-state index contributed by atoms with van der Waals surface area (Å²) in [5.41, 5.74) is -3.97. The van der Waals surface area contributed by atoms with Crippen LogP contribution >= 0.6 is 0 Å². The molecule has 1 heterocycles. The molecule has 0 aliphatic rings. The SMILES string of the molecule is CC(C)(C)OC(=O)N(C(=O)OC(C)(C)C)c1ccnc(C(C)(F)F)c1F. The number of ether oxygens (including phenoxy) is 2. The number of hydrogen-bond donors (Lipinski definition) is 0. The summed E-state index contributed by atoms with van der Waals surface area (Å²) in [5, 5.41) is 0. The van der Waals surface area contributed by atoms with Crippen molar-refractivity contribution >= 4 is 17.9 Å². The summed E-state index contributed by atoms with van der Waals surface area (Å²) >= 11 is 0. The van der Waals surface area contributed by atoms with Gasteiger partial charge in [-0.05, 0) is 47.6 Å². The molecule has 1 aromatic rings. The summed E-state index contributed by atoms with van der Waals surface area (Å²) in [5.74, 6) is -5.13. The first kappa shape index (κ1) is 21.7. The number of alkyl halides is 2. The number of amides is 2. The van der Waals surface area contributed by atoms with Gasteiger partial charge in [0.25, 0.3) is 5.92 Å². The Morgan fingerprint density at radius 1 is 0.962 bits per heavy atom. The van der Waals surface area contributed by atoms with Crippen molar-refractivity contribution < 1.29 is 32.2 Å². The largest absolute Gasteiger partial charge is 0.443 e. The van der Waals surface area contributed by atoms with Gasteiger partial charge in [0.05, 0.1) is 5.69 Å². The van der Waals surface area contributed by atoms with Gasteiger partial charge < -0.3 is 9.47 Å². The Labute approximate surface area is 150 Å². The number of nitrogens with zero attached hydrogens (tertiary/aromatic N) is 2. The summed E-state index contributed by atoms with van der Waals surface area (Å²) in [6.07, 6.45) is -1.66. The number of anilines is 1. The third-order valence-corrected chi connectivity index (χ3v) is 2.68. The average Bonchev–Trinajstić information content (AvgIpc) is 2.35. The van der Waals surface area contributed by atoms with E-state index in [4.69, 9.17) is 9.47 Å². The average molecular weight is 376 g/mol. The Morgan fingerprint density at radius 3 is 1.73 bits per heavy atom. The van der Waals surface area contributed by atoms with Crippen LogP contribution in [-0.4, -0.2) is 28.4 Å². The second-order valence-corrected chi connectivity index (χ2v) is 7.68. The van der Waals surface area contributed by atoms with Gasteiger partial charge >= 0.3 is 12.2 Å². The molecule has 0 aliphatic heterocycles. The summed E-state index contributed by atoms with van der Waals surface area (Å²) in [7, 11) is 0. The highest BCUT2D eigenvalue weighted by Crippen LogP contribution is 2.33. The monoisotopic (exact) mass is 376 g/mol. The van der Waals surface area contributed by atoms with Gasteiger partial charge in [-0.1, -0.05) is 0 Å². The van der Waals surface area contributed by atoms with Crippen molar-refractivity contribution in [3.05, 3.63) is 23.8 Å². The predicted molar refractivity (Wildman–Crippen MR) is 88.7 cm³/mol. The number of rotatable bonds is 2. The van der Waals surface area contributed by atoms with Crippen LogP contribution in [0.4, 0.5) is 28.4 Å². The van der Waals surface area contributed by atoms with Gasteiger partial charge in [0.2, 0.25) is 0 Å². The van der Waals surface area contributed by atoms with E-state index in [0.717, 1.165) is 12.3 Å². The molecule has 0 saturated heterocycles. The molecule has 26 heavy (non-hydrogen) atoms. The Morgan fingerprint density at radius 2 is 1.38 bits per heavy atom. The Kier molecular flexibility index (Phi) is 5.95. The van der Waals surface area contributed by atoms with E-state index < -0.39 is 46.5 Å². The minimum Gasteiger partial charge on any atom is -0.443 e. The number of halogens is 3. The fourth-order valence-corrected chi connectivity index (χ4v) is 1.80. The van der Waals surface area contributed by atoms with Gasteiger partial charge in [0.1, 0.15) is 16.9 Å². The van der Waals surface area contributed by atoms with E-state index in [9.17, 15) is 22.8 Å². The molecule has 1 aromatic heterocycles. The number of carbonyl (C=O) groups excluding carboxylic acids is 2. The maximum Gasteiger partial charge on any atom is 0.424 e. The first-order chi connectivity index (χ1) is 11.5. The first-order valence-corrected chi connectivity index (χ1v) is 7.82. The Balaban J connectivity index is 3.47. The van der Waals surface area contributed by atoms with Crippen LogP contribution in [0.15, 0.2) is 12.3 Å². The van der Waals surface area contributed by atoms with E-state index in [1.54, 1.807) is 0 Å². The zero-order valence-corrected chi connectivity index (χ0v) is 15.8. The minimum absolute atomic E-state index is 0.239. The maximum absolute atomic E-state index is 14.6. The van der Waals surface area contributed by atoms with E-state index in [2.05, 4.69) is 4.98 Å². The van der Waals surface area contributed by atoms with Gasteiger partial charge in [-0.25, -0.2) is 14.0 Å². The molecule has 0 unspecified atom stereocenters. The maximum atomic E-state index is 14.6. The molecule has 6 nitrogen and oxygen atoms in total. The van der Waals surface area contributed by atoms with Crippen LogP contribution in [-0.2, 0) is 15.4 Å². The molecule has 2 amide bonds. The second-order valence-electron chi connectivity index (χ2n) is 7.68. The lowest BCUT2D eigenvalue weighted by molar-refractivity contribution is 0.00852. The minimum atomic E-state index is -3.62. The fourth-order valence-electron chi connectivity index (χ4n) is 1.80. The van der Waals surface area contributed by atoms with Crippen molar-refractivity contribution in [2.45, 2.75) is 65.6 Å². The number of carbonyl (C=O) groups is 2. The highest BCUT2D eigenvalue weighted by atomic mass is 19.3. The zero-order chi connectivity index (χ0) is 20.5. The molecule has 0 aliphatic carbocycles. The highest BCUT2D eigenvalue weighted by molar-refractivity contribution is 6.09.